The molecule has 0 radical (unpaired) electrons. The van der Waals surface area contributed by atoms with Crippen LogP contribution in [-0.4, -0.2) is 15.7 Å². The van der Waals surface area contributed by atoms with Crippen molar-refractivity contribution in [3.63, 3.8) is 0 Å². The SMILES string of the molecule is Cc1cc(C(=O)NCc2ccccc2Cl)nn1-c1ccccc1. The zero-order valence-electron chi connectivity index (χ0n) is 12.7. The third kappa shape index (κ3) is 3.43. The number of carbonyl (C=O) groups is 1. The van der Waals surface area contributed by atoms with Crippen LogP contribution in [-0.2, 0) is 6.54 Å². The molecule has 5 heteroatoms. The van der Waals surface area contributed by atoms with Crippen LogP contribution in [0.4, 0.5) is 0 Å². The first-order valence-electron chi connectivity index (χ1n) is 7.29. The van der Waals surface area contributed by atoms with Crippen LogP contribution in [0.2, 0.25) is 5.02 Å². The van der Waals surface area contributed by atoms with Crippen LogP contribution in [0.3, 0.4) is 0 Å². The molecule has 1 heterocycles. The molecule has 0 spiro atoms. The lowest BCUT2D eigenvalue weighted by Gasteiger charge is -2.05. The van der Waals surface area contributed by atoms with Crippen LogP contribution in [0, 0.1) is 6.92 Å². The highest BCUT2D eigenvalue weighted by atomic mass is 35.5. The van der Waals surface area contributed by atoms with Crippen LogP contribution < -0.4 is 5.32 Å². The van der Waals surface area contributed by atoms with Crippen molar-refractivity contribution in [2.45, 2.75) is 13.5 Å². The fourth-order valence-electron chi connectivity index (χ4n) is 2.32. The van der Waals surface area contributed by atoms with Crippen LogP contribution in [0.25, 0.3) is 5.69 Å². The molecule has 0 saturated carbocycles. The number of rotatable bonds is 4. The molecule has 3 aromatic rings. The van der Waals surface area contributed by atoms with Crippen molar-refractivity contribution in [3.05, 3.63) is 82.6 Å². The topological polar surface area (TPSA) is 46.9 Å². The summed E-state index contributed by atoms with van der Waals surface area (Å²) in [5.41, 5.74) is 3.09. The number of nitrogens with zero attached hydrogens (tertiary/aromatic N) is 2. The van der Waals surface area contributed by atoms with E-state index in [0.29, 0.717) is 17.3 Å². The van der Waals surface area contributed by atoms with Gasteiger partial charge in [-0.1, -0.05) is 48.0 Å². The van der Waals surface area contributed by atoms with Gasteiger partial charge in [-0.05, 0) is 36.8 Å². The zero-order valence-corrected chi connectivity index (χ0v) is 13.4. The molecule has 0 atom stereocenters. The molecule has 116 valence electrons. The average molecular weight is 326 g/mol. The molecule has 0 saturated heterocycles. The van der Waals surface area contributed by atoms with Crippen molar-refractivity contribution < 1.29 is 4.79 Å². The van der Waals surface area contributed by atoms with Crippen molar-refractivity contribution in [2.75, 3.05) is 0 Å². The first-order valence-corrected chi connectivity index (χ1v) is 7.66. The zero-order chi connectivity index (χ0) is 16.2. The van der Waals surface area contributed by atoms with Gasteiger partial charge >= 0.3 is 0 Å². The Morgan fingerprint density at radius 1 is 1.13 bits per heavy atom. The standard InChI is InChI=1S/C18H16ClN3O/c1-13-11-17(21-22(13)15-8-3-2-4-9-15)18(23)20-12-14-7-5-6-10-16(14)19/h2-11H,12H2,1H3,(H,20,23). The van der Waals surface area contributed by atoms with Crippen molar-refractivity contribution in [3.8, 4) is 5.69 Å². The number of hydrogen-bond donors (Lipinski definition) is 1. The van der Waals surface area contributed by atoms with Crippen molar-refractivity contribution in [1.82, 2.24) is 15.1 Å². The lowest BCUT2D eigenvalue weighted by molar-refractivity contribution is 0.0945. The number of carbonyl (C=O) groups excluding carboxylic acids is 1. The van der Waals surface area contributed by atoms with E-state index in [0.717, 1.165) is 16.9 Å². The molecule has 4 nitrogen and oxygen atoms in total. The Bertz CT molecular complexity index is 827. The van der Waals surface area contributed by atoms with Gasteiger partial charge in [0.2, 0.25) is 0 Å². The Hall–Kier alpha value is -2.59. The highest BCUT2D eigenvalue weighted by Gasteiger charge is 2.13. The van der Waals surface area contributed by atoms with E-state index in [2.05, 4.69) is 10.4 Å². The summed E-state index contributed by atoms with van der Waals surface area (Å²) in [6.45, 7) is 2.29. The highest BCUT2D eigenvalue weighted by Crippen LogP contribution is 2.15. The minimum absolute atomic E-state index is 0.220. The summed E-state index contributed by atoms with van der Waals surface area (Å²) in [5.74, 6) is -0.220. The van der Waals surface area contributed by atoms with E-state index >= 15 is 0 Å². The molecule has 0 aliphatic heterocycles. The number of amides is 1. The number of nitrogens with one attached hydrogen (secondary N) is 1. The third-order valence-corrected chi connectivity index (χ3v) is 3.89. The summed E-state index contributed by atoms with van der Waals surface area (Å²) in [7, 11) is 0. The Morgan fingerprint density at radius 3 is 2.57 bits per heavy atom. The van der Waals surface area contributed by atoms with E-state index in [4.69, 9.17) is 11.6 Å². The summed E-state index contributed by atoms with van der Waals surface area (Å²) in [4.78, 5) is 12.3. The van der Waals surface area contributed by atoms with Gasteiger partial charge in [0, 0.05) is 17.3 Å². The quantitative estimate of drug-likeness (QED) is 0.793. The first kappa shape index (κ1) is 15.3. The van der Waals surface area contributed by atoms with Crippen molar-refractivity contribution >= 4 is 17.5 Å². The number of aryl methyl sites for hydroxylation is 1. The molecule has 0 unspecified atom stereocenters. The molecule has 0 aliphatic carbocycles. The molecule has 23 heavy (non-hydrogen) atoms. The van der Waals surface area contributed by atoms with Gasteiger partial charge in [-0.25, -0.2) is 4.68 Å². The van der Waals surface area contributed by atoms with E-state index < -0.39 is 0 Å². The summed E-state index contributed by atoms with van der Waals surface area (Å²) >= 11 is 6.09. The summed E-state index contributed by atoms with van der Waals surface area (Å²) in [6.07, 6.45) is 0. The van der Waals surface area contributed by atoms with Crippen LogP contribution >= 0.6 is 11.6 Å². The van der Waals surface area contributed by atoms with E-state index in [1.165, 1.54) is 0 Å². The van der Waals surface area contributed by atoms with Gasteiger partial charge in [0.25, 0.3) is 5.91 Å². The van der Waals surface area contributed by atoms with Crippen LogP contribution in [0.1, 0.15) is 21.7 Å². The molecular weight excluding hydrogens is 310 g/mol. The lowest BCUT2D eigenvalue weighted by Crippen LogP contribution is -2.23. The largest absolute Gasteiger partial charge is 0.347 e. The van der Waals surface area contributed by atoms with E-state index in [1.807, 2.05) is 55.5 Å². The average Bonchev–Trinajstić information content (AvgIpc) is 2.96. The monoisotopic (exact) mass is 325 g/mol. The number of para-hydroxylation sites is 1. The first-order chi connectivity index (χ1) is 11.1. The maximum absolute atomic E-state index is 12.3. The fourth-order valence-corrected chi connectivity index (χ4v) is 2.53. The predicted molar refractivity (Wildman–Crippen MR) is 90.9 cm³/mol. The van der Waals surface area contributed by atoms with Crippen molar-refractivity contribution in [1.29, 1.82) is 0 Å². The highest BCUT2D eigenvalue weighted by molar-refractivity contribution is 6.31. The Labute approximate surface area is 139 Å². The summed E-state index contributed by atoms with van der Waals surface area (Å²) < 4.78 is 1.75. The van der Waals surface area contributed by atoms with Crippen LogP contribution in [0.15, 0.2) is 60.7 Å². The van der Waals surface area contributed by atoms with E-state index in [9.17, 15) is 4.79 Å². The maximum atomic E-state index is 12.3. The van der Waals surface area contributed by atoms with Gasteiger partial charge in [-0.2, -0.15) is 5.10 Å². The number of hydrogen-bond acceptors (Lipinski definition) is 2. The Balaban J connectivity index is 1.75. The Morgan fingerprint density at radius 2 is 1.83 bits per heavy atom. The second-order valence-corrected chi connectivity index (χ2v) is 5.60. The van der Waals surface area contributed by atoms with Gasteiger partial charge in [0.15, 0.2) is 5.69 Å². The molecule has 2 aromatic carbocycles. The molecule has 0 fully saturated rings. The summed E-state index contributed by atoms with van der Waals surface area (Å²) in [6, 6.07) is 18.9. The van der Waals surface area contributed by atoms with E-state index in [-0.39, 0.29) is 5.91 Å². The normalized spacial score (nSPS) is 10.5. The van der Waals surface area contributed by atoms with Crippen molar-refractivity contribution in [2.24, 2.45) is 0 Å². The number of benzene rings is 2. The minimum atomic E-state index is -0.220. The third-order valence-electron chi connectivity index (χ3n) is 3.52. The summed E-state index contributed by atoms with van der Waals surface area (Å²) in [5, 5.41) is 7.87. The maximum Gasteiger partial charge on any atom is 0.272 e. The smallest absolute Gasteiger partial charge is 0.272 e. The van der Waals surface area contributed by atoms with Gasteiger partial charge in [-0.15, -0.1) is 0 Å². The lowest BCUT2D eigenvalue weighted by atomic mass is 10.2. The molecule has 1 amide bonds. The van der Waals surface area contributed by atoms with Gasteiger partial charge in [0.1, 0.15) is 0 Å². The van der Waals surface area contributed by atoms with Gasteiger partial charge in [0.05, 0.1) is 5.69 Å². The number of halogens is 1. The predicted octanol–water partition coefficient (Wildman–Crippen LogP) is 3.76. The fraction of sp³-hybridized carbons (Fsp3) is 0.111. The molecule has 3 rings (SSSR count). The molecule has 1 aromatic heterocycles. The molecule has 0 bridgehead atoms. The number of aromatic nitrogens is 2. The van der Waals surface area contributed by atoms with Crippen LogP contribution in [0.5, 0.6) is 0 Å². The Kier molecular flexibility index (Phi) is 4.44. The minimum Gasteiger partial charge on any atom is -0.347 e. The molecular formula is C18H16ClN3O. The second kappa shape index (κ2) is 6.67. The van der Waals surface area contributed by atoms with Gasteiger partial charge in [-0.3, -0.25) is 4.79 Å². The second-order valence-electron chi connectivity index (χ2n) is 5.19. The van der Waals surface area contributed by atoms with E-state index in [1.54, 1.807) is 16.8 Å². The van der Waals surface area contributed by atoms with Gasteiger partial charge < -0.3 is 5.32 Å². The molecule has 0 aliphatic rings. The molecule has 1 N–H and O–H groups in total.